The number of rotatable bonds is 11. The number of aromatic nitrogens is 6. The van der Waals surface area contributed by atoms with Crippen LogP contribution in [0.3, 0.4) is 0 Å². The number of nitrogens with one attached hydrogen (secondary N) is 5. The molecule has 260 valence electrons. The van der Waals surface area contributed by atoms with Crippen LogP contribution in [-0.2, 0) is 16.1 Å². The van der Waals surface area contributed by atoms with Crippen LogP contribution in [0.2, 0.25) is 0 Å². The maximum absolute atomic E-state index is 12.3. The summed E-state index contributed by atoms with van der Waals surface area (Å²) >= 11 is 0. The van der Waals surface area contributed by atoms with Crippen LogP contribution in [-0.4, -0.2) is 91.7 Å². The summed E-state index contributed by atoms with van der Waals surface area (Å²) in [5.41, 5.74) is 12.6. The van der Waals surface area contributed by atoms with Gasteiger partial charge in [-0.2, -0.15) is 4.98 Å². The zero-order chi connectivity index (χ0) is 35.8. The first kappa shape index (κ1) is 36.0. The van der Waals surface area contributed by atoms with Crippen LogP contribution < -0.4 is 38.3 Å². The van der Waals surface area contributed by atoms with Crippen molar-refractivity contribution < 1.29 is 39.9 Å². The summed E-state index contributed by atoms with van der Waals surface area (Å²) in [6.45, 7) is 1.68. The first-order valence-electron chi connectivity index (χ1n) is 14.5. The average molecular weight is 683 g/mol. The molecule has 14 N–H and O–H groups in total. The lowest BCUT2D eigenvalue weighted by molar-refractivity contribution is -0.140. The number of carboxylic acid groups (broad SMARTS) is 2. The highest BCUT2D eigenvalue weighted by Crippen LogP contribution is 2.24. The number of H-pyrrole nitrogens is 1. The highest BCUT2D eigenvalue weighted by Gasteiger charge is 2.26. The summed E-state index contributed by atoms with van der Waals surface area (Å²) in [6, 6.07) is 4.86. The molecule has 0 saturated heterocycles. The third-order valence-electron chi connectivity index (χ3n) is 6.83. The molecule has 5 unspecified atom stereocenters. The Morgan fingerprint density at radius 3 is 2.41 bits per heavy atom. The van der Waals surface area contributed by atoms with Crippen molar-refractivity contribution in [1.82, 2.24) is 40.5 Å². The number of nitrogens with two attached hydrogens (primary N) is 2. The summed E-state index contributed by atoms with van der Waals surface area (Å²) in [5, 5.41) is 57.1. The van der Waals surface area contributed by atoms with Crippen molar-refractivity contribution in [2.75, 3.05) is 16.4 Å². The van der Waals surface area contributed by atoms with Crippen molar-refractivity contribution >= 4 is 46.5 Å². The van der Waals surface area contributed by atoms with Crippen LogP contribution in [0.15, 0.2) is 41.5 Å². The standard InChI is InChI=1S/C19H19N7O6.C9H15N5O3/c20-19-25-15-14(17(30)26-19)23-11(8-22-15)7-21-10-3-1-9(2-4-10)16(29)24-12(18(31)32)5-6-13(27)28;1-3(15)6(16)4-2-11-5-7(12-4)13-9(10)14-8(5)17/h1-4,8,12,21H,5-7H2,(H,24,29)(H,27,28)(H,31,32)(H3,20,22,25,26,30);2-3,6,8-9,14-17H,10H2,1H3,(H,12,13). The first-order chi connectivity index (χ1) is 23.2. The number of carbonyl (C=O) groups is 3. The quantitative estimate of drug-likeness (QED) is 0.0821. The maximum atomic E-state index is 12.3. The largest absolute Gasteiger partial charge is 0.481 e. The third-order valence-corrected chi connectivity index (χ3v) is 6.83. The molecule has 0 spiro atoms. The molecule has 1 aliphatic heterocycles. The van der Waals surface area contributed by atoms with Crippen LogP contribution in [0.5, 0.6) is 0 Å². The number of carboxylic acids is 2. The van der Waals surface area contributed by atoms with Crippen LogP contribution >= 0.6 is 0 Å². The number of hydrogen-bond donors (Lipinski definition) is 12. The first-order valence-corrected chi connectivity index (χ1v) is 14.5. The van der Waals surface area contributed by atoms with Gasteiger partial charge in [-0.05, 0) is 37.6 Å². The van der Waals surface area contributed by atoms with E-state index in [1.807, 2.05) is 0 Å². The molecule has 21 nitrogen and oxygen atoms in total. The molecule has 1 aliphatic rings. The highest BCUT2D eigenvalue weighted by atomic mass is 16.4. The van der Waals surface area contributed by atoms with E-state index in [0.29, 0.717) is 22.9 Å². The van der Waals surface area contributed by atoms with Crippen molar-refractivity contribution in [3.8, 4) is 0 Å². The molecular weight excluding hydrogens is 648 g/mol. The minimum atomic E-state index is -1.31. The number of hydrogen-bond acceptors (Lipinski definition) is 17. The van der Waals surface area contributed by atoms with Gasteiger partial charge in [0.2, 0.25) is 5.95 Å². The van der Waals surface area contributed by atoms with Gasteiger partial charge >= 0.3 is 11.9 Å². The molecule has 0 saturated carbocycles. The van der Waals surface area contributed by atoms with E-state index in [4.69, 9.17) is 21.7 Å². The summed E-state index contributed by atoms with van der Waals surface area (Å²) < 4.78 is 0. The van der Waals surface area contributed by atoms with Gasteiger partial charge in [-0.1, -0.05) is 0 Å². The van der Waals surface area contributed by atoms with Gasteiger partial charge in [-0.3, -0.25) is 35.4 Å². The number of fused-ring (bicyclic) bond motifs is 2. The third kappa shape index (κ3) is 9.59. The topological polar surface area (TPSA) is 350 Å². The summed E-state index contributed by atoms with van der Waals surface area (Å²) in [4.78, 5) is 68.6. The van der Waals surface area contributed by atoms with E-state index in [1.54, 1.807) is 12.1 Å². The minimum absolute atomic E-state index is 0.0524. The number of benzene rings is 1. The predicted octanol–water partition coefficient (Wildman–Crippen LogP) is -1.91. The smallest absolute Gasteiger partial charge is 0.326 e. The SMILES string of the molecule is CC(O)C(O)c1cnc2c(n1)NC(N)NC2O.Nc1nc2ncc(CNc3ccc(C(=O)NC(CCC(=O)O)C(=O)O)cc3)nc2c(=O)[nH]1. The Morgan fingerprint density at radius 2 is 1.76 bits per heavy atom. The predicted molar refractivity (Wildman–Crippen MR) is 170 cm³/mol. The minimum Gasteiger partial charge on any atom is -0.481 e. The van der Waals surface area contributed by atoms with Gasteiger partial charge in [-0.25, -0.2) is 19.7 Å². The van der Waals surface area contributed by atoms with Gasteiger partial charge in [0.05, 0.1) is 36.4 Å². The van der Waals surface area contributed by atoms with Gasteiger partial charge in [-0.15, -0.1) is 0 Å². The molecule has 21 heteroatoms. The molecule has 3 aromatic heterocycles. The van der Waals surface area contributed by atoms with Gasteiger partial charge in [0, 0.05) is 17.7 Å². The lowest BCUT2D eigenvalue weighted by Crippen LogP contribution is -2.50. The molecule has 5 atom stereocenters. The molecule has 0 fully saturated rings. The average Bonchev–Trinajstić information content (AvgIpc) is 3.05. The Morgan fingerprint density at radius 1 is 1.04 bits per heavy atom. The van der Waals surface area contributed by atoms with Gasteiger partial charge in [0.1, 0.15) is 24.1 Å². The van der Waals surface area contributed by atoms with Crippen LogP contribution in [0.4, 0.5) is 17.5 Å². The number of aliphatic hydroxyl groups is 3. The molecule has 5 rings (SSSR count). The van der Waals surface area contributed by atoms with Crippen LogP contribution in [0.1, 0.15) is 59.5 Å². The van der Waals surface area contributed by atoms with Gasteiger partial charge in [0.25, 0.3) is 11.5 Å². The number of aliphatic carboxylic acids is 2. The van der Waals surface area contributed by atoms with Crippen LogP contribution in [0, 0.1) is 0 Å². The summed E-state index contributed by atoms with van der Waals surface area (Å²) in [5.74, 6) is -2.86. The van der Waals surface area contributed by atoms with E-state index in [2.05, 4.69) is 51.2 Å². The molecule has 0 aliphatic carbocycles. The second-order valence-corrected chi connectivity index (χ2v) is 10.6. The molecule has 4 aromatic rings. The number of nitrogens with zero attached hydrogens (tertiary/aromatic N) is 5. The molecule has 0 radical (unpaired) electrons. The van der Waals surface area contributed by atoms with E-state index < -0.39 is 54.2 Å². The van der Waals surface area contributed by atoms with E-state index in [-0.39, 0.29) is 47.8 Å². The Kier molecular flexibility index (Phi) is 11.6. The second-order valence-electron chi connectivity index (χ2n) is 10.6. The lowest BCUT2D eigenvalue weighted by Gasteiger charge is -2.28. The fourth-order valence-electron chi connectivity index (χ4n) is 4.30. The normalized spacial score (nSPS) is 16.9. The molecule has 1 aromatic carbocycles. The number of anilines is 3. The van der Waals surface area contributed by atoms with Crippen molar-refractivity contribution in [3.05, 3.63) is 69.7 Å². The molecule has 0 bridgehead atoms. The van der Waals surface area contributed by atoms with Crippen LogP contribution in [0.25, 0.3) is 11.2 Å². The number of carbonyl (C=O) groups excluding carboxylic acids is 1. The fraction of sp³-hybridized carbons (Fsp3) is 0.321. The fourth-order valence-corrected chi connectivity index (χ4v) is 4.30. The maximum Gasteiger partial charge on any atom is 0.326 e. The number of aromatic amines is 1. The van der Waals surface area contributed by atoms with Crippen molar-refractivity contribution in [3.63, 3.8) is 0 Å². The Hall–Kier alpha value is -5.87. The number of aliphatic hydroxyl groups excluding tert-OH is 3. The van der Waals surface area contributed by atoms with E-state index in [1.165, 1.54) is 31.5 Å². The zero-order valence-electron chi connectivity index (χ0n) is 25.7. The molecular formula is C28H34N12O9. The summed E-state index contributed by atoms with van der Waals surface area (Å²) in [7, 11) is 0. The Labute approximate surface area is 275 Å². The Bertz CT molecular complexity index is 1870. The highest BCUT2D eigenvalue weighted by molar-refractivity contribution is 5.97. The summed E-state index contributed by atoms with van der Waals surface area (Å²) in [6.07, 6.45) is -1.59. The molecule has 1 amide bonds. The monoisotopic (exact) mass is 682 g/mol. The zero-order valence-corrected chi connectivity index (χ0v) is 25.7. The van der Waals surface area contributed by atoms with Crippen molar-refractivity contribution in [2.45, 2.75) is 57.1 Å². The van der Waals surface area contributed by atoms with Crippen molar-refractivity contribution in [2.24, 2.45) is 5.73 Å². The molecule has 4 heterocycles. The Balaban J connectivity index is 0.000000266. The van der Waals surface area contributed by atoms with Gasteiger partial charge in [0.15, 0.2) is 23.2 Å². The second kappa shape index (κ2) is 15.8. The number of nitrogen functional groups attached to an aromatic ring is 1. The van der Waals surface area contributed by atoms with E-state index in [0.717, 1.165) is 0 Å². The van der Waals surface area contributed by atoms with E-state index >= 15 is 0 Å². The lowest BCUT2D eigenvalue weighted by atomic mass is 10.1. The van der Waals surface area contributed by atoms with Crippen molar-refractivity contribution in [1.29, 1.82) is 0 Å². The number of amides is 1. The van der Waals surface area contributed by atoms with Gasteiger partial charge < -0.3 is 47.2 Å². The van der Waals surface area contributed by atoms with E-state index in [9.17, 15) is 34.5 Å². The molecule has 49 heavy (non-hydrogen) atoms.